The van der Waals surface area contributed by atoms with Crippen LogP contribution in [0.3, 0.4) is 0 Å². The highest BCUT2D eigenvalue weighted by molar-refractivity contribution is 7.98. The second-order valence-electron chi connectivity index (χ2n) is 5.95. The molecular weight excluding hydrogens is 394 g/mol. The largest absolute Gasteiger partial charge is 0.480 e. The zero-order chi connectivity index (χ0) is 21.9. The topological polar surface area (TPSA) is 214 Å². The molecule has 4 unspecified atom stereocenters. The molecule has 0 spiro atoms. The molecule has 0 aliphatic carbocycles. The monoisotopic (exact) mass is 421 g/mol. The number of thioether (sulfide) groups is 1. The first-order valence-corrected chi connectivity index (χ1v) is 9.70. The molecule has 0 radical (unpaired) electrons. The minimum Gasteiger partial charge on any atom is -0.480 e. The van der Waals surface area contributed by atoms with Gasteiger partial charge in [-0.05, 0) is 25.4 Å². The van der Waals surface area contributed by atoms with Gasteiger partial charge in [0, 0.05) is 0 Å². The second kappa shape index (κ2) is 12.9. The predicted molar refractivity (Wildman–Crippen MR) is 101 cm³/mol. The SMILES string of the molecule is CSCCC(NC(=O)C(N)C(C)O)C(=O)NC(CC(N)=O)C(=O)NCC(=O)O. The fourth-order valence-corrected chi connectivity index (χ4v) is 2.43. The highest BCUT2D eigenvalue weighted by atomic mass is 32.2. The van der Waals surface area contributed by atoms with Crippen LogP contribution >= 0.6 is 11.8 Å². The molecule has 0 aromatic heterocycles. The molecule has 0 saturated heterocycles. The van der Waals surface area contributed by atoms with Crippen LogP contribution in [0, 0.1) is 0 Å². The van der Waals surface area contributed by atoms with E-state index in [4.69, 9.17) is 16.6 Å². The van der Waals surface area contributed by atoms with E-state index in [1.807, 2.05) is 5.32 Å². The molecule has 0 aliphatic heterocycles. The Morgan fingerprint density at radius 2 is 1.61 bits per heavy atom. The van der Waals surface area contributed by atoms with Gasteiger partial charge in [0.2, 0.25) is 23.6 Å². The number of carbonyl (C=O) groups excluding carboxylic acids is 4. The van der Waals surface area contributed by atoms with Gasteiger partial charge < -0.3 is 37.6 Å². The molecule has 160 valence electrons. The van der Waals surface area contributed by atoms with Crippen LogP contribution in [0.15, 0.2) is 0 Å². The van der Waals surface area contributed by atoms with Gasteiger partial charge in [0.1, 0.15) is 24.7 Å². The minimum absolute atomic E-state index is 0.186. The maximum atomic E-state index is 12.5. The van der Waals surface area contributed by atoms with Crippen molar-refractivity contribution in [2.24, 2.45) is 11.5 Å². The molecule has 12 nitrogen and oxygen atoms in total. The molecule has 0 aliphatic rings. The average molecular weight is 421 g/mol. The van der Waals surface area contributed by atoms with Gasteiger partial charge in [0.05, 0.1) is 12.5 Å². The van der Waals surface area contributed by atoms with Crippen LogP contribution in [0.2, 0.25) is 0 Å². The van der Waals surface area contributed by atoms with Crippen molar-refractivity contribution in [1.29, 1.82) is 0 Å². The van der Waals surface area contributed by atoms with E-state index in [1.165, 1.54) is 18.7 Å². The van der Waals surface area contributed by atoms with Crippen LogP contribution in [0.25, 0.3) is 0 Å². The number of carbonyl (C=O) groups is 5. The average Bonchev–Trinajstić information content (AvgIpc) is 2.60. The molecule has 13 heteroatoms. The molecule has 0 rings (SSSR count). The van der Waals surface area contributed by atoms with Crippen molar-refractivity contribution in [2.45, 2.75) is 44.0 Å². The third kappa shape index (κ3) is 10.1. The van der Waals surface area contributed by atoms with E-state index in [0.29, 0.717) is 5.75 Å². The Labute approximate surface area is 166 Å². The molecule has 0 aromatic rings. The molecule has 0 heterocycles. The van der Waals surface area contributed by atoms with Crippen LogP contribution in [0.4, 0.5) is 0 Å². The summed E-state index contributed by atoms with van der Waals surface area (Å²) in [5.41, 5.74) is 10.6. The summed E-state index contributed by atoms with van der Waals surface area (Å²) in [6.45, 7) is 0.608. The van der Waals surface area contributed by atoms with E-state index >= 15 is 0 Å². The first-order chi connectivity index (χ1) is 13.0. The number of nitrogens with two attached hydrogens (primary N) is 2. The quantitative estimate of drug-likeness (QED) is 0.157. The Balaban J connectivity index is 5.22. The van der Waals surface area contributed by atoms with Crippen molar-refractivity contribution in [3.8, 4) is 0 Å². The maximum Gasteiger partial charge on any atom is 0.322 e. The molecule has 0 fully saturated rings. The first-order valence-electron chi connectivity index (χ1n) is 8.30. The maximum absolute atomic E-state index is 12.5. The zero-order valence-electron chi connectivity index (χ0n) is 15.6. The molecule has 9 N–H and O–H groups in total. The number of aliphatic hydroxyl groups excluding tert-OH is 1. The molecule has 0 bridgehead atoms. The highest BCUT2D eigenvalue weighted by Crippen LogP contribution is 2.04. The van der Waals surface area contributed by atoms with Gasteiger partial charge in [0.25, 0.3) is 0 Å². The number of aliphatic carboxylic acids is 1. The second-order valence-corrected chi connectivity index (χ2v) is 6.94. The number of aliphatic hydroxyl groups is 1. The van der Waals surface area contributed by atoms with E-state index < -0.39 is 66.8 Å². The van der Waals surface area contributed by atoms with Crippen molar-refractivity contribution in [1.82, 2.24) is 16.0 Å². The number of amides is 4. The number of carboxylic acids is 1. The molecule has 0 aromatic carbocycles. The van der Waals surface area contributed by atoms with Gasteiger partial charge in [-0.15, -0.1) is 0 Å². The Kier molecular flexibility index (Phi) is 11.8. The molecular formula is C15H27N5O7S. The Bertz CT molecular complexity index is 587. The van der Waals surface area contributed by atoms with Crippen LogP contribution in [-0.4, -0.2) is 82.6 Å². The summed E-state index contributed by atoms with van der Waals surface area (Å²) < 4.78 is 0. The predicted octanol–water partition coefficient (Wildman–Crippen LogP) is -3.51. The summed E-state index contributed by atoms with van der Waals surface area (Å²) in [5, 5.41) is 24.7. The Morgan fingerprint density at radius 3 is 2.07 bits per heavy atom. The van der Waals surface area contributed by atoms with Crippen LogP contribution in [0.1, 0.15) is 19.8 Å². The summed E-state index contributed by atoms with van der Waals surface area (Å²) >= 11 is 1.41. The third-order valence-corrected chi connectivity index (χ3v) is 4.16. The van der Waals surface area contributed by atoms with E-state index in [2.05, 4.69) is 10.6 Å². The molecule has 4 amide bonds. The normalized spacial score (nSPS) is 14.9. The summed E-state index contributed by atoms with van der Waals surface area (Å²) in [7, 11) is 0. The van der Waals surface area contributed by atoms with Crippen LogP contribution < -0.4 is 27.4 Å². The van der Waals surface area contributed by atoms with Gasteiger partial charge >= 0.3 is 5.97 Å². The van der Waals surface area contributed by atoms with E-state index in [1.54, 1.807) is 6.26 Å². The fourth-order valence-electron chi connectivity index (χ4n) is 1.96. The Morgan fingerprint density at radius 1 is 1.04 bits per heavy atom. The number of primary amides is 1. The number of hydrogen-bond donors (Lipinski definition) is 7. The summed E-state index contributed by atoms with van der Waals surface area (Å²) in [6.07, 6.45) is 0.264. The molecule has 0 saturated carbocycles. The summed E-state index contributed by atoms with van der Waals surface area (Å²) in [5.74, 6) is -4.18. The molecule has 28 heavy (non-hydrogen) atoms. The zero-order valence-corrected chi connectivity index (χ0v) is 16.5. The lowest BCUT2D eigenvalue weighted by molar-refractivity contribution is -0.139. The Hall–Kier alpha value is -2.38. The number of nitrogens with one attached hydrogen (secondary N) is 3. The number of carboxylic acid groups (broad SMARTS) is 1. The van der Waals surface area contributed by atoms with E-state index in [9.17, 15) is 29.1 Å². The van der Waals surface area contributed by atoms with Gasteiger partial charge in [-0.3, -0.25) is 24.0 Å². The lowest BCUT2D eigenvalue weighted by Gasteiger charge is -2.24. The summed E-state index contributed by atoms with van der Waals surface area (Å²) in [4.78, 5) is 58.3. The van der Waals surface area contributed by atoms with Gasteiger partial charge in [0.15, 0.2) is 0 Å². The van der Waals surface area contributed by atoms with Crippen LogP contribution in [0.5, 0.6) is 0 Å². The first kappa shape index (κ1) is 25.6. The van der Waals surface area contributed by atoms with Gasteiger partial charge in [-0.2, -0.15) is 11.8 Å². The van der Waals surface area contributed by atoms with Crippen molar-refractivity contribution in [3.05, 3.63) is 0 Å². The van der Waals surface area contributed by atoms with Crippen LogP contribution in [-0.2, 0) is 24.0 Å². The van der Waals surface area contributed by atoms with E-state index in [0.717, 1.165) is 0 Å². The number of rotatable bonds is 13. The standard InChI is InChI=1S/C15H27N5O7S/c1-7(21)12(17)15(27)19-8(3-4-28-2)14(26)20-9(5-10(16)22)13(25)18-6-11(23)24/h7-9,12,21H,3-6,17H2,1-2H3,(H2,16,22)(H,18,25)(H,19,27)(H,20,26)(H,23,24). The molecule has 4 atom stereocenters. The van der Waals surface area contributed by atoms with Gasteiger partial charge in [-0.25, -0.2) is 0 Å². The summed E-state index contributed by atoms with van der Waals surface area (Å²) in [6, 6.07) is -3.76. The van der Waals surface area contributed by atoms with Crippen molar-refractivity contribution in [2.75, 3.05) is 18.6 Å². The third-order valence-electron chi connectivity index (χ3n) is 3.52. The highest BCUT2D eigenvalue weighted by Gasteiger charge is 2.29. The van der Waals surface area contributed by atoms with E-state index in [-0.39, 0.29) is 6.42 Å². The lowest BCUT2D eigenvalue weighted by Crippen LogP contribution is -2.58. The minimum atomic E-state index is -1.41. The van der Waals surface area contributed by atoms with Crippen molar-refractivity contribution < 1.29 is 34.2 Å². The number of hydrogen-bond acceptors (Lipinski definition) is 8. The smallest absolute Gasteiger partial charge is 0.322 e. The van der Waals surface area contributed by atoms with Crippen molar-refractivity contribution >= 4 is 41.4 Å². The fraction of sp³-hybridized carbons (Fsp3) is 0.667. The van der Waals surface area contributed by atoms with Crippen molar-refractivity contribution in [3.63, 3.8) is 0 Å². The lowest BCUT2D eigenvalue weighted by atomic mass is 10.1. The van der Waals surface area contributed by atoms with Gasteiger partial charge in [-0.1, -0.05) is 0 Å².